The first-order valence-corrected chi connectivity index (χ1v) is 6.57. The van der Waals surface area contributed by atoms with Gasteiger partial charge in [-0.1, -0.05) is 25.1 Å². The lowest BCUT2D eigenvalue weighted by Crippen LogP contribution is -2.30. The van der Waals surface area contributed by atoms with E-state index in [0.29, 0.717) is 18.8 Å². The highest BCUT2D eigenvalue weighted by Gasteiger charge is 2.09. The van der Waals surface area contributed by atoms with Gasteiger partial charge in [0, 0.05) is 13.1 Å². The average Bonchev–Trinajstić information content (AvgIpc) is 2.20. The van der Waals surface area contributed by atoms with Gasteiger partial charge in [0.1, 0.15) is 0 Å². The van der Waals surface area contributed by atoms with Gasteiger partial charge in [-0.25, -0.2) is 0 Å². The van der Waals surface area contributed by atoms with Gasteiger partial charge in [-0.05, 0) is 18.7 Å². The predicted molar refractivity (Wildman–Crippen MR) is 65.4 cm³/mol. The monoisotopic (exact) mass is 243 g/mol. The molecule has 0 saturated carbocycles. The molecule has 0 radical (unpaired) electrons. The Morgan fingerprint density at radius 1 is 1.25 bits per heavy atom. The van der Waals surface area contributed by atoms with Crippen LogP contribution in [0.1, 0.15) is 12.5 Å². The third-order valence-electron chi connectivity index (χ3n) is 1.96. The minimum atomic E-state index is -3.45. The smallest absolute Gasteiger partial charge is 0.299 e. The molecule has 0 bridgehead atoms. The molecule has 0 fully saturated rings. The Morgan fingerprint density at radius 2 is 1.94 bits per heavy atom. The number of benzene rings is 1. The van der Waals surface area contributed by atoms with Crippen LogP contribution in [0.4, 0.5) is 5.69 Å². The predicted octanol–water partition coefficient (Wildman–Crippen LogP) is 0.672. The summed E-state index contributed by atoms with van der Waals surface area (Å²) in [6.07, 6.45) is 0. The first-order chi connectivity index (χ1) is 7.59. The van der Waals surface area contributed by atoms with Gasteiger partial charge in [-0.2, -0.15) is 13.1 Å². The first kappa shape index (κ1) is 13.0. The molecule has 1 aromatic rings. The van der Waals surface area contributed by atoms with Crippen LogP contribution in [0.5, 0.6) is 0 Å². The third kappa shape index (κ3) is 3.80. The van der Waals surface area contributed by atoms with Crippen LogP contribution in [-0.4, -0.2) is 22.0 Å². The summed E-state index contributed by atoms with van der Waals surface area (Å²) in [5.74, 6) is 0. The van der Waals surface area contributed by atoms with Crippen LogP contribution < -0.4 is 14.8 Å². The van der Waals surface area contributed by atoms with Crippen LogP contribution in [0.2, 0.25) is 0 Å². The fraction of sp³-hybridized carbons (Fsp3) is 0.400. The summed E-state index contributed by atoms with van der Waals surface area (Å²) < 4.78 is 27.9. The molecule has 0 saturated heterocycles. The number of hydrogen-bond acceptors (Lipinski definition) is 3. The van der Waals surface area contributed by atoms with E-state index in [9.17, 15) is 8.42 Å². The SMILES string of the molecule is CCNS(=O)(=O)Nc1ccccc1CNC. The summed E-state index contributed by atoms with van der Waals surface area (Å²) in [4.78, 5) is 0. The van der Waals surface area contributed by atoms with Crippen molar-refractivity contribution in [2.45, 2.75) is 13.5 Å². The maximum Gasteiger partial charge on any atom is 0.299 e. The Kier molecular flexibility index (Phi) is 4.72. The molecule has 3 N–H and O–H groups in total. The fourth-order valence-corrected chi connectivity index (χ4v) is 2.28. The van der Waals surface area contributed by atoms with Crippen molar-refractivity contribution in [3.05, 3.63) is 29.8 Å². The Bertz CT molecular complexity index is 431. The van der Waals surface area contributed by atoms with E-state index in [1.165, 1.54) is 0 Å². The molecule has 0 aliphatic rings. The summed E-state index contributed by atoms with van der Waals surface area (Å²) >= 11 is 0. The number of para-hydroxylation sites is 1. The molecular weight excluding hydrogens is 226 g/mol. The van der Waals surface area contributed by atoms with Crippen molar-refractivity contribution in [2.24, 2.45) is 0 Å². The van der Waals surface area contributed by atoms with Crippen molar-refractivity contribution in [3.63, 3.8) is 0 Å². The second kappa shape index (κ2) is 5.83. The van der Waals surface area contributed by atoms with E-state index in [-0.39, 0.29) is 0 Å². The first-order valence-electron chi connectivity index (χ1n) is 5.09. The van der Waals surface area contributed by atoms with E-state index in [0.717, 1.165) is 5.56 Å². The van der Waals surface area contributed by atoms with E-state index >= 15 is 0 Å². The van der Waals surface area contributed by atoms with Gasteiger partial charge < -0.3 is 5.32 Å². The van der Waals surface area contributed by atoms with E-state index in [1.54, 1.807) is 19.1 Å². The lowest BCUT2D eigenvalue weighted by Gasteiger charge is -2.12. The molecule has 0 heterocycles. The molecule has 1 rings (SSSR count). The molecule has 0 amide bonds. The van der Waals surface area contributed by atoms with Gasteiger partial charge in [0.2, 0.25) is 0 Å². The van der Waals surface area contributed by atoms with Crippen molar-refractivity contribution >= 4 is 15.9 Å². The molecule has 16 heavy (non-hydrogen) atoms. The molecule has 5 nitrogen and oxygen atoms in total. The maximum absolute atomic E-state index is 11.5. The van der Waals surface area contributed by atoms with E-state index in [4.69, 9.17) is 0 Å². The van der Waals surface area contributed by atoms with E-state index < -0.39 is 10.2 Å². The van der Waals surface area contributed by atoms with Crippen LogP contribution >= 0.6 is 0 Å². The van der Waals surface area contributed by atoms with Crippen molar-refractivity contribution in [3.8, 4) is 0 Å². The molecular formula is C10H17N3O2S. The lowest BCUT2D eigenvalue weighted by molar-refractivity contribution is 0.589. The Labute approximate surface area is 96.4 Å². The van der Waals surface area contributed by atoms with Gasteiger partial charge in [-0.3, -0.25) is 4.72 Å². The van der Waals surface area contributed by atoms with Crippen LogP contribution in [0, 0.1) is 0 Å². The third-order valence-corrected chi connectivity index (χ3v) is 3.12. The van der Waals surface area contributed by atoms with Crippen LogP contribution in [0.15, 0.2) is 24.3 Å². The molecule has 0 aliphatic heterocycles. The summed E-state index contributed by atoms with van der Waals surface area (Å²) in [5, 5.41) is 2.99. The standard InChI is InChI=1S/C10H17N3O2S/c1-3-12-16(14,15)13-10-7-5-4-6-9(10)8-11-2/h4-7,11-13H,3,8H2,1-2H3. The van der Waals surface area contributed by atoms with Gasteiger partial charge in [0.25, 0.3) is 10.2 Å². The molecule has 0 spiro atoms. The minimum absolute atomic E-state index is 0.365. The molecule has 0 unspecified atom stereocenters. The molecule has 1 aromatic carbocycles. The number of nitrogens with one attached hydrogen (secondary N) is 3. The number of anilines is 1. The fourth-order valence-electron chi connectivity index (χ4n) is 1.34. The van der Waals surface area contributed by atoms with Gasteiger partial charge >= 0.3 is 0 Å². The van der Waals surface area contributed by atoms with Crippen LogP contribution in [0.25, 0.3) is 0 Å². The maximum atomic E-state index is 11.5. The highest BCUT2D eigenvalue weighted by Crippen LogP contribution is 2.15. The number of hydrogen-bond donors (Lipinski definition) is 3. The van der Waals surface area contributed by atoms with Gasteiger partial charge in [-0.15, -0.1) is 0 Å². The average molecular weight is 243 g/mol. The lowest BCUT2D eigenvalue weighted by atomic mass is 10.2. The second-order valence-corrected chi connectivity index (χ2v) is 4.79. The highest BCUT2D eigenvalue weighted by molar-refractivity contribution is 7.90. The largest absolute Gasteiger partial charge is 0.316 e. The topological polar surface area (TPSA) is 70.2 Å². The minimum Gasteiger partial charge on any atom is -0.316 e. The summed E-state index contributed by atoms with van der Waals surface area (Å²) in [6, 6.07) is 7.28. The van der Waals surface area contributed by atoms with Crippen LogP contribution in [-0.2, 0) is 16.8 Å². The van der Waals surface area contributed by atoms with Gasteiger partial charge in [0.05, 0.1) is 5.69 Å². The Hall–Kier alpha value is -1.11. The van der Waals surface area contributed by atoms with Crippen molar-refractivity contribution in [1.29, 1.82) is 0 Å². The Balaban J connectivity index is 2.88. The molecule has 0 aliphatic carbocycles. The zero-order valence-electron chi connectivity index (χ0n) is 9.45. The quantitative estimate of drug-likeness (QED) is 0.688. The van der Waals surface area contributed by atoms with Crippen molar-refractivity contribution in [2.75, 3.05) is 18.3 Å². The zero-order chi connectivity index (χ0) is 12.0. The summed E-state index contributed by atoms with van der Waals surface area (Å²) in [5.41, 5.74) is 1.50. The van der Waals surface area contributed by atoms with Crippen LogP contribution in [0.3, 0.4) is 0 Å². The Morgan fingerprint density at radius 3 is 2.56 bits per heavy atom. The van der Waals surface area contributed by atoms with Crippen molar-refractivity contribution in [1.82, 2.24) is 10.0 Å². The molecule has 90 valence electrons. The van der Waals surface area contributed by atoms with Crippen molar-refractivity contribution < 1.29 is 8.42 Å². The summed E-state index contributed by atoms with van der Waals surface area (Å²) in [6.45, 7) is 2.72. The van der Waals surface area contributed by atoms with Gasteiger partial charge in [0.15, 0.2) is 0 Å². The normalized spacial score (nSPS) is 11.4. The molecule has 6 heteroatoms. The molecule has 0 atom stereocenters. The second-order valence-electron chi connectivity index (χ2n) is 3.29. The zero-order valence-corrected chi connectivity index (χ0v) is 10.3. The molecule has 0 aromatic heterocycles. The van der Waals surface area contributed by atoms with E-state index in [2.05, 4.69) is 14.8 Å². The number of rotatable bonds is 6. The summed E-state index contributed by atoms with van der Waals surface area (Å²) in [7, 11) is -1.64. The highest BCUT2D eigenvalue weighted by atomic mass is 32.2. The van der Waals surface area contributed by atoms with E-state index in [1.807, 2.05) is 19.2 Å².